The van der Waals surface area contributed by atoms with Gasteiger partial charge in [-0.3, -0.25) is 14.9 Å². The Bertz CT molecular complexity index is 1140. The summed E-state index contributed by atoms with van der Waals surface area (Å²) in [4.78, 5) is 14.1. The fraction of sp³-hybridized carbons (Fsp3) is 0.267. The first-order valence-electron chi connectivity index (χ1n) is 8.10. The van der Waals surface area contributed by atoms with Gasteiger partial charge in [-0.2, -0.15) is 36.7 Å². The van der Waals surface area contributed by atoms with Crippen LogP contribution in [0.1, 0.15) is 23.0 Å². The number of rotatable bonds is 7. The number of alkyl halides is 3. The molecule has 1 heterocycles. The number of carbonyl (C=O) groups excluding carboxylic acids is 1. The highest BCUT2D eigenvalue weighted by Crippen LogP contribution is 2.26. The zero-order valence-corrected chi connectivity index (χ0v) is 17.2. The van der Waals surface area contributed by atoms with Crippen molar-refractivity contribution in [2.75, 3.05) is 10.7 Å². The minimum absolute atomic E-state index is 0.0702. The van der Waals surface area contributed by atoms with Crippen molar-refractivity contribution in [3.63, 3.8) is 0 Å². The van der Waals surface area contributed by atoms with Crippen LogP contribution >= 0.6 is 11.6 Å². The molecule has 16 heteroatoms. The van der Waals surface area contributed by atoms with Crippen LogP contribution in [0.4, 0.5) is 29.1 Å². The molecule has 1 atom stereocenters. The molecule has 31 heavy (non-hydrogen) atoms. The number of halogens is 5. The Balaban J connectivity index is 2.15. The second-order valence-corrected chi connectivity index (χ2v) is 7.83. The van der Waals surface area contributed by atoms with Crippen LogP contribution in [-0.2, 0) is 17.3 Å². The number of aryl methyl sites for hydroxylation is 1. The third-order valence-electron chi connectivity index (χ3n) is 3.68. The zero-order valence-electron chi connectivity index (χ0n) is 15.7. The number of aromatic nitrogens is 2. The third-order valence-corrected chi connectivity index (χ3v) is 5.07. The number of amides is 1. The van der Waals surface area contributed by atoms with Crippen molar-refractivity contribution in [2.45, 2.75) is 19.1 Å². The van der Waals surface area contributed by atoms with E-state index in [9.17, 15) is 30.8 Å². The second-order valence-electron chi connectivity index (χ2n) is 6.01. The van der Waals surface area contributed by atoms with Gasteiger partial charge in [0.1, 0.15) is 28.6 Å². The van der Waals surface area contributed by atoms with Crippen LogP contribution < -0.4 is 20.3 Å². The van der Waals surface area contributed by atoms with Gasteiger partial charge in [0, 0.05) is 12.7 Å². The molecular weight excluding hydrogens is 470 g/mol. The Morgan fingerprint density at radius 2 is 2.00 bits per heavy atom. The van der Waals surface area contributed by atoms with Crippen LogP contribution in [-0.4, -0.2) is 36.3 Å². The summed E-state index contributed by atoms with van der Waals surface area (Å²) in [5.74, 6) is -2.00. The van der Waals surface area contributed by atoms with E-state index in [1.54, 1.807) is 10.9 Å². The lowest BCUT2D eigenvalue weighted by Gasteiger charge is -2.17. The highest BCUT2D eigenvalue weighted by molar-refractivity contribution is 7.87. The van der Waals surface area contributed by atoms with Gasteiger partial charge in [0.2, 0.25) is 0 Å². The van der Waals surface area contributed by atoms with E-state index in [1.165, 1.54) is 17.8 Å². The maximum Gasteiger partial charge on any atom is 0.404 e. The number of nitrogens with zero attached hydrogens (tertiary/aromatic N) is 3. The number of nitrogens with one attached hydrogen (secondary N) is 4. The number of benzene rings is 1. The molecule has 0 spiro atoms. The van der Waals surface area contributed by atoms with Crippen molar-refractivity contribution in [3.05, 3.63) is 40.3 Å². The number of anilines is 2. The standard InChI is InChI=1S/C15H14ClF4N7O3S/c1-7(15(18,19)20)25-31(29,30)26-23-13-11(16)12(27(2)24-13)14(28)22-9-3-4-10(17)8(5-9)6-21/h3-5,7,25-26H,1-2H3,(H,22,28)(H,23,24). The molecule has 1 aromatic carbocycles. The first-order chi connectivity index (χ1) is 14.2. The molecule has 10 nitrogen and oxygen atoms in total. The normalized spacial score (nSPS) is 12.8. The lowest BCUT2D eigenvalue weighted by molar-refractivity contribution is -0.147. The molecule has 2 aromatic rings. The molecule has 0 saturated heterocycles. The van der Waals surface area contributed by atoms with E-state index in [2.05, 4.69) is 10.4 Å². The first kappa shape index (κ1) is 24.3. The molecule has 0 aliphatic rings. The van der Waals surface area contributed by atoms with Gasteiger partial charge in [-0.05, 0) is 25.1 Å². The van der Waals surface area contributed by atoms with Crippen molar-refractivity contribution in [1.29, 1.82) is 5.26 Å². The molecule has 168 valence electrons. The summed E-state index contributed by atoms with van der Waals surface area (Å²) in [5.41, 5.74) is 1.51. The van der Waals surface area contributed by atoms with Crippen molar-refractivity contribution in [3.8, 4) is 6.07 Å². The lowest BCUT2D eigenvalue weighted by Crippen LogP contribution is -2.49. The van der Waals surface area contributed by atoms with Crippen LogP contribution in [0.3, 0.4) is 0 Å². The summed E-state index contributed by atoms with van der Waals surface area (Å²) < 4.78 is 76.7. The molecule has 0 aliphatic carbocycles. The van der Waals surface area contributed by atoms with Crippen molar-refractivity contribution in [1.82, 2.24) is 19.3 Å². The van der Waals surface area contributed by atoms with Crippen LogP contribution in [0, 0.1) is 17.1 Å². The van der Waals surface area contributed by atoms with Gasteiger partial charge in [0.25, 0.3) is 16.1 Å². The van der Waals surface area contributed by atoms with Crippen LogP contribution in [0.2, 0.25) is 5.02 Å². The monoisotopic (exact) mass is 483 g/mol. The number of hydrogen-bond acceptors (Lipinski definition) is 6. The predicted octanol–water partition coefficient (Wildman–Crippen LogP) is 2.04. The molecule has 1 unspecified atom stereocenters. The summed E-state index contributed by atoms with van der Waals surface area (Å²) in [5, 5.41) is 14.6. The van der Waals surface area contributed by atoms with Gasteiger partial charge in [-0.15, -0.1) is 4.83 Å². The Labute approximate surface area is 178 Å². The Morgan fingerprint density at radius 1 is 1.35 bits per heavy atom. The molecule has 0 radical (unpaired) electrons. The van der Waals surface area contributed by atoms with E-state index in [0.717, 1.165) is 16.8 Å². The summed E-state index contributed by atoms with van der Waals surface area (Å²) in [7, 11) is -3.38. The largest absolute Gasteiger partial charge is 0.404 e. The van der Waals surface area contributed by atoms with Gasteiger partial charge in [-0.1, -0.05) is 11.6 Å². The maximum atomic E-state index is 13.4. The van der Waals surface area contributed by atoms with E-state index in [-0.39, 0.29) is 27.8 Å². The smallest absolute Gasteiger partial charge is 0.321 e. The van der Waals surface area contributed by atoms with Crippen molar-refractivity contribution in [2.24, 2.45) is 7.05 Å². The summed E-state index contributed by atoms with van der Waals surface area (Å²) in [6, 6.07) is 2.48. The fourth-order valence-electron chi connectivity index (χ4n) is 2.15. The topological polar surface area (TPSA) is 141 Å². The van der Waals surface area contributed by atoms with E-state index < -0.39 is 34.2 Å². The number of nitriles is 1. The van der Waals surface area contributed by atoms with Gasteiger partial charge in [0.05, 0.1) is 5.56 Å². The predicted molar refractivity (Wildman–Crippen MR) is 102 cm³/mol. The lowest BCUT2D eigenvalue weighted by atomic mass is 10.2. The molecular formula is C15H14ClF4N7O3S. The first-order valence-corrected chi connectivity index (χ1v) is 9.96. The molecule has 0 saturated carbocycles. The zero-order chi connectivity index (χ0) is 23.6. The highest BCUT2D eigenvalue weighted by atomic mass is 35.5. The number of hydrazine groups is 1. The summed E-state index contributed by atoms with van der Waals surface area (Å²) in [6.45, 7) is 0.600. The Kier molecular flexibility index (Phi) is 7.11. The highest BCUT2D eigenvalue weighted by Gasteiger charge is 2.38. The molecule has 0 bridgehead atoms. The average Bonchev–Trinajstić information content (AvgIpc) is 2.94. The van der Waals surface area contributed by atoms with E-state index in [1.807, 2.05) is 5.43 Å². The maximum absolute atomic E-state index is 13.4. The third kappa shape index (κ3) is 6.04. The Morgan fingerprint density at radius 3 is 2.58 bits per heavy atom. The van der Waals surface area contributed by atoms with E-state index >= 15 is 0 Å². The Hall–Kier alpha value is -2.93. The van der Waals surface area contributed by atoms with Gasteiger partial charge < -0.3 is 5.32 Å². The van der Waals surface area contributed by atoms with Crippen LogP contribution in [0.5, 0.6) is 0 Å². The SMILES string of the molecule is CC(NS(=O)(=O)NNc1nn(C)c(C(=O)Nc2ccc(F)c(C#N)c2)c1Cl)C(F)(F)F. The molecule has 0 fully saturated rings. The molecule has 1 amide bonds. The fourth-order valence-corrected chi connectivity index (χ4v) is 3.33. The molecule has 0 aliphatic heterocycles. The van der Waals surface area contributed by atoms with Gasteiger partial charge in [0.15, 0.2) is 5.82 Å². The molecule has 2 rings (SSSR count). The molecule has 1 aromatic heterocycles. The van der Waals surface area contributed by atoms with Crippen molar-refractivity contribution >= 4 is 39.2 Å². The van der Waals surface area contributed by atoms with Gasteiger partial charge in [-0.25, -0.2) is 4.39 Å². The minimum atomic E-state index is -4.81. The number of hydrogen-bond donors (Lipinski definition) is 4. The van der Waals surface area contributed by atoms with E-state index in [0.29, 0.717) is 6.92 Å². The summed E-state index contributed by atoms with van der Waals surface area (Å²) in [6.07, 6.45) is -4.81. The average molecular weight is 484 g/mol. The number of carbonyl (C=O) groups is 1. The van der Waals surface area contributed by atoms with E-state index in [4.69, 9.17) is 16.9 Å². The van der Waals surface area contributed by atoms with Crippen LogP contribution in [0.15, 0.2) is 18.2 Å². The summed E-state index contributed by atoms with van der Waals surface area (Å²) >= 11 is 6.03. The quantitative estimate of drug-likeness (QED) is 0.351. The van der Waals surface area contributed by atoms with Gasteiger partial charge >= 0.3 is 6.18 Å². The second kappa shape index (κ2) is 9.06. The van der Waals surface area contributed by atoms with Crippen LogP contribution in [0.25, 0.3) is 0 Å². The molecule has 4 N–H and O–H groups in total. The van der Waals surface area contributed by atoms with Crippen molar-refractivity contribution < 1.29 is 30.8 Å². The minimum Gasteiger partial charge on any atom is -0.321 e.